The fourth-order valence-electron chi connectivity index (χ4n) is 2.07. The van der Waals surface area contributed by atoms with E-state index < -0.39 is 10.2 Å². The van der Waals surface area contributed by atoms with E-state index in [0.717, 1.165) is 12.8 Å². The number of nitrogens with one attached hydrogen (secondary N) is 1. The average Bonchev–Trinajstić information content (AvgIpc) is 2.41. The highest BCUT2D eigenvalue weighted by Crippen LogP contribution is 2.30. The van der Waals surface area contributed by atoms with Gasteiger partial charge in [-0.05, 0) is 29.4 Å². The van der Waals surface area contributed by atoms with Crippen LogP contribution in [-0.4, -0.2) is 25.3 Å². The maximum atomic E-state index is 11.5. The summed E-state index contributed by atoms with van der Waals surface area (Å²) in [6.45, 7) is 0.581. The van der Waals surface area contributed by atoms with Crippen LogP contribution in [0.15, 0.2) is 22.6 Å². The van der Waals surface area contributed by atoms with Gasteiger partial charge in [0.15, 0.2) is 5.84 Å². The van der Waals surface area contributed by atoms with E-state index in [0.29, 0.717) is 23.6 Å². The molecule has 1 aromatic carbocycles. The summed E-state index contributed by atoms with van der Waals surface area (Å²) in [5.41, 5.74) is 6.66. The van der Waals surface area contributed by atoms with Crippen molar-refractivity contribution in [1.82, 2.24) is 0 Å². The molecule has 0 bridgehead atoms. The van der Waals surface area contributed by atoms with Crippen molar-refractivity contribution >= 4 is 44.3 Å². The minimum atomic E-state index is -3.74. The summed E-state index contributed by atoms with van der Waals surface area (Å²) in [4.78, 5) is 0. The molecule has 8 heteroatoms. The number of rotatable bonds is 7. The first-order chi connectivity index (χ1) is 10.0. The Kier molecular flexibility index (Phi) is 5.68. The number of ether oxygens (including phenoxy) is 1. The van der Waals surface area contributed by atoms with E-state index in [1.165, 1.54) is 17.3 Å². The molecule has 0 aliphatic carbocycles. The molecular formula is C13H18IN3O3S. The molecule has 3 N–H and O–H groups in total. The molecule has 0 fully saturated rings. The first kappa shape index (κ1) is 16.3. The van der Waals surface area contributed by atoms with Gasteiger partial charge in [-0.3, -0.25) is 4.72 Å². The number of alkyl halides is 1. The standard InChI is InChI=1S/C13H18IN3O3S/c14-8-3-1-2-4-9-20-11-7-5-6-10-12(11)13(15)17-21(18,19)16-10/h5-7,16H,1-4,8-9H2,(H2,15,17). The van der Waals surface area contributed by atoms with Gasteiger partial charge in [-0.15, -0.1) is 4.40 Å². The van der Waals surface area contributed by atoms with Crippen molar-refractivity contribution < 1.29 is 13.2 Å². The lowest BCUT2D eigenvalue weighted by molar-refractivity contribution is 0.305. The molecule has 0 spiro atoms. The van der Waals surface area contributed by atoms with E-state index in [2.05, 4.69) is 31.7 Å². The highest BCUT2D eigenvalue weighted by Gasteiger charge is 2.24. The first-order valence-corrected chi connectivity index (χ1v) is 9.70. The molecule has 0 saturated heterocycles. The maximum absolute atomic E-state index is 11.5. The molecule has 0 amide bonds. The van der Waals surface area contributed by atoms with E-state index >= 15 is 0 Å². The first-order valence-electron chi connectivity index (χ1n) is 6.74. The highest BCUT2D eigenvalue weighted by molar-refractivity contribution is 14.1. The third-order valence-electron chi connectivity index (χ3n) is 3.03. The van der Waals surface area contributed by atoms with Crippen LogP contribution in [0.4, 0.5) is 5.69 Å². The number of unbranched alkanes of at least 4 members (excludes halogenated alkanes) is 3. The van der Waals surface area contributed by atoms with Crippen molar-refractivity contribution in [3.8, 4) is 5.75 Å². The number of nitrogens with two attached hydrogens (primary N) is 1. The van der Waals surface area contributed by atoms with Crippen molar-refractivity contribution in [3.05, 3.63) is 23.8 Å². The minimum absolute atomic E-state index is 0.0377. The van der Waals surface area contributed by atoms with E-state index in [4.69, 9.17) is 10.5 Å². The van der Waals surface area contributed by atoms with Crippen molar-refractivity contribution in [2.75, 3.05) is 15.8 Å². The van der Waals surface area contributed by atoms with Gasteiger partial charge in [-0.2, -0.15) is 8.42 Å². The average molecular weight is 423 g/mol. The van der Waals surface area contributed by atoms with Gasteiger partial charge in [0.1, 0.15) is 5.75 Å². The summed E-state index contributed by atoms with van der Waals surface area (Å²) in [6.07, 6.45) is 4.50. The third kappa shape index (κ3) is 4.47. The van der Waals surface area contributed by atoms with Crippen LogP contribution in [0, 0.1) is 0 Å². The largest absolute Gasteiger partial charge is 0.493 e. The molecule has 1 heterocycles. The van der Waals surface area contributed by atoms with Crippen LogP contribution in [0.2, 0.25) is 0 Å². The number of anilines is 1. The molecule has 1 aliphatic rings. The number of fused-ring (bicyclic) bond motifs is 1. The summed E-state index contributed by atoms with van der Waals surface area (Å²) in [7, 11) is -3.74. The zero-order valence-electron chi connectivity index (χ0n) is 11.5. The van der Waals surface area contributed by atoms with Crippen molar-refractivity contribution in [1.29, 1.82) is 0 Å². The van der Waals surface area contributed by atoms with Gasteiger partial charge < -0.3 is 10.5 Å². The molecule has 0 unspecified atom stereocenters. The van der Waals surface area contributed by atoms with E-state index in [9.17, 15) is 8.42 Å². The Labute approximate surface area is 138 Å². The van der Waals surface area contributed by atoms with Crippen LogP contribution in [0.5, 0.6) is 5.75 Å². The van der Waals surface area contributed by atoms with Gasteiger partial charge in [0, 0.05) is 0 Å². The van der Waals surface area contributed by atoms with Crippen LogP contribution < -0.4 is 15.2 Å². The summed E-state index contributed by atoms with van der Waals surface area (Å²) in [6, 6.07) is 5.14. The number of halogens is 1. The molecule has 0 radical (unpaired) electrons. The predicted octanol–water partition coefficient (Wildman–Crippen LogP) is 2.44. The molecular weight excluding hydrogens is 405 g/mol. The van der Waals surface area contributed by atoms with Crippen LogP contribution in [0.3, 0.4) is 0 Å². The molecule has 0 atom stereocenters. The Bertz CT molecular complexity index is 632. The third-order valence-corrected chi connectivity index (χ3v) is 4.70. The number of hydrogen-bond donors (Lipinski definition) is 2. The number of hydrogen-bond acceptors (Lipinski definition) is 4. The molecule has 116 valence electrons. The fourth-order valence-corrected chi connectivity index (χ4v) is 3.45. The Morgan fingerprint density at radius 1 is 1.24 bits per heavy atom. The Balaban J connectivity index is 2.03. The molecule has 21 heavy (non-hydrogen) atoms. The lowest BCUT2D eigenvalue weighted by Gasteiger charge is -2.19. The second-order valence-electron chi connectivity index (χ2n) is 4.68. The Hall–Kier alpha value is -1.03. The van der Waals surface area contributed by atoms with E-state index in [-0.39, 0.29) is 5.84 Å². The van der Waals surface area contributed by atoms with Gasteiger partial charge in [0.2, 0.25) is 0 Å². The quantitative estimate of drug-likeness (QED) is 0.400. The van der Waals surface area contributed by atoms with Crippen molar-refractivity contribution in [3.63, 3.8) is 0 Å². The van der Waals surface area contributed by atoms with Crippen molar-refractivity contribution in [2.45, 2.75) is 25.7 Å². The summed E-state index contributed by atoms with van der Waals surface area (Å²) >= 11 is 2.37. The van der Waals surface area contributed by atoms with Gasteiger partial charge >= 0.3 is 10.2 Å². The smallest absolute Gasteiger partial charge is 0.344 e. The lowest BCUT2D eigenvalue weighted by Crippen LogP contribution is -2.27. The second-order valence-corrected chi connectivity index (χ2v) is 7.10. The molecule has 0 aromatic heterocycles. The van der Waals surface area contributed by atoms with Crippen LogP contribution in [0.25, 0.3) is 0 Å². The zero-order valence-corrected chi connectivity index (χ0v) is 14.5. The summed E-state index contributed by atoms with van der Waals surface area (Å²) < 4.78 is 35.7. The monoisotopic (exact) mass is 423 g/mol. The van der Waals surface area contributed by atoms with E-state index in [1.807, 2.05) is 0 Å². The fraction of sp³-hybridized carbons (Fsp3) is 0.462. The SMILES string of the molecule is NC1=NS(=O)(=O)Nc2cccc(OCCCCCCI)c21. The molecule has 1 aliphatic heterocycles. The Morgan fingerprint density at radius 2 is 2.00 bits per heavy atom. The van der Waals surface area contributed by atoms with Crippen LogP contribution >= 0.6 is 22.6 Å². The highest BCUT2D eigenvalue weighted by atomic mass is 127. The Morgan fingerprint density at radius 3 is 2.76 bits per heavy atom. The minimum Gasteiger partial charge on any atom is -0.493 e. The van der Waals surface area contributed by atoms with Crippen LogP contribution in [0.1, 0.15) is 31.2 Å². The number of amidine groups is 1. The van der Waals surface area contributed by atoms with Crippen molar-refractivity contribution in [2.24, 2.45) is 10.1 Å². The maximum Gasteiger partial charge on any atom is 0.344 e. The molecule has 1 aromatic rings. The van der Waals surface area contributed by atoms with Crippen LogP contribution in [-0.2, 0) is 10.2 Å². The predicted molar refractivity (Wildman–Crippen MR) is 92.6 cm³/mol. The zero-order chi connectivity index (χ0) is 15.3. The second kappa shape index (κ2) is 7.30. The van der Waals surface area contributed by atoms with Gasteiger partial charge in [0.25, 0.3) is 0 Å². The topological polar surface area (TPSA) is 93.8 Å². The van der Waals surface area contributed by atoms with E-state index in [1.54, 1.807) is 18.2 Å². The normalized spacial score (nSPS) is 15.8. The van der Waals surface area contributed by atoms with Gasteiger partial charge in [-0.1, -0.05) is 41.5 Å². The van der Waals surface area contributed by atoms with Gasteiger partial charge in [-0.25, -0.2) is 0 Å². The molecule has 0 saturated carbocycles. The molecule has 6 nitrogen and oxygen atoms in total. The number of benzene rings is 1. The molecule has 2 rings (SSSR count). The summed E-state index contributed by atoms with van der Waals surface area (Å²) in [5.74, 6) is 0.523. The van der Waals surface area contributed by atoms with Gasteiger partial charge in [0.05, 0.1) is 17.9 Å². The lowest BCUT2D eigenvalue weighted by atomic mass is 10.1. The number of nitrogens with zero attached hydrogens (tertiary/aromatic N) is 1. The summed E-state index contributed by atoms with van der Waals surface area (Å²) in [5, 5.41) is 0.